The maximum atomic E-state index is 14.7. The Balaban J connectivity index is 1.04. The molecule has 7 rings (SSSR count). The predicted molar refractivity (Wildman–Crippen MR) is 319 cm³/mol. The number of carbonyl (C=O) groups is 6. The summed E-state index contributed by atoms with van der Waals surface area (Å²) < 4.78 is 40.2. The highest BCUT2D eigenvalue weighted by Gasteiger charge is 2.44. The third-order valence-corrected chi connectivity index (χ3v) is 15.4. The van der Waals surface area contributed by atoms with Gasteiger partial charge >= 0.3 is 11.9 Å². The van der Waals surface area contributed by atoms with Gasteiger partial charge in [-0.3, -0.25) is 38.9 Å². The maximum absolute atomic E-state index is 14.7. The number of aromatic hydroxyl groups is 1. The van der Waals surface area contributed by atoms with Gasteiger partial charge in [-0.05, 0) is 135 Å². The lowest BCUT2D eigenvalue weighted by Crippen LogP contribution is -2.62. The molecule has 26 heteroatoms. The molecule has 9 N–H and O–H groups in total. The second-order valence-corrected chi connectivity index (χ2v) is 22.8. The van der Waals surface area contributed by atoms with Crippen LogP contribution in [0.5, 0.6) is 5.75 Å². The first-order chi connectivity index (χ1) is 40.6. The summed E-state index contributed by atoms with van der Waals surface area (Å²) in [5, 5.41) is 52.6. The molecule has 1 heterocycles. The lowest BCUT2D eigenvalue weighted by atomic mass is 9.74. The molecule has 2 aliphatic rings. The van der Waals surface area contributed by atoms with Gasteiger partial charge in [0.05, 0.1) is 33.3 Å². The van der Waals surface area contributed by atoms with E-state index in [-0.39, 0.29) is 57.9 Å². The minimum absolute atomic E-state index is 0.00935. The number of phenolic OH excluding ortho intramolecular Hbond substituents is 1. The first-order valence-corrected chi connectivity index (χ1v) is 28.3. The molecule has 4 amide bonds. The zero-order valence-electron chi connectivity index (χ0n) is 47.9. The van der Waals surface area contributed by atoms with Gasteiger partial charge in [0.25, 0.3) is 5.69 Å². The van der Waals surface area contributed by atoms with E-state index in [1.54, 1.807) is 50.2 Å². The number of phenols is 1. The molecule has 450 valence electrons. The third kappa shape index (κ3) is 15.6. The summed E-state index contributed by atoms with van der Waals surface area (Å²) in [6.07, 6.45) is 0.546. The van der Waals surface area contributed by atoms with E-state index in [0.29, 0.717) is 56.7 Å². The Hall–Kier alpha value is -10.1. The fourth-order valence-corrected chi connectivity index (χ4v) is 10.8. The van der Waals surface area contributed by atoms with Gasteiger partial charge in [-0.2, -0.15) is 10.2 Å². The van der Waals surface area contributed by atoms with Crippen molar-refractivity contribution in [2.75, 3.05) is 44.0 Å². The van der Waals surface area contributed by atoms with Crippen LogP contribution >= 0.6 is 0 Å². The van der Waals surface area contributed by atoms with Gasteiger partial charge in [0.2, 0.25) is 33.7 Å². The normalized spacial score (nSPS) is 12.7. The zero-order chi connectivity index (χ0) is 62.8. The summed E-state index contributed by atoms with van der Waals surface area (Å²) in [5.41, 5.74) is 7.75. The van der Waals surface area contributed by atoms with Gasteiger partial charge in [0.15, 0.2) is 5.43 Å². The number of carboxylic acid groups (broad SMARTS) is 1. The van der Waals surface area contributed by atoms with Crippen molar-refractivity contribution >= 4 is 85.0 Å². The van der Waals surface area contributed by atoms with Crippen LogP contribution in [-0.2, 0) is 44.1 Å². The molecule has 0 bridgehead atoms. The Morgan fingerprint density at radius 3 is 2.09 bits per heavy atom. The van der Waals surface area contributed by atoms with Crippen LogP contribution in [0.2, 0.25) is 0 Å². The summed E-state index contributed by atoms with van der Waals surface area (Å²) in [6, 6.07) is 23.7. The number of aromatic carboxylic acids is 1. The number of primary amides is 1. The molecule has 5 aromatic carbocycles. The van der Waals surface area contributed by atoms with E-state index in [4.69, 9.17) is 14.9 Å². The summed E-state index contributed by atoms with van der Waals surface area (Å²) in [7, 11) is -0.608. The van der Waals surface area contributed by atoms with E-state index in [1.807, 2.05) is 31.1 Å². The van der Waals surface area contributed by atoms with E-state index in [0.717, 1.165) is 12.6 Å². The van der Waals surface area contributed by atoms with Crippen molar-refractivity contribution in [3.05, 3.63) is 158 Å². The van der Waals surface area contributed by atoms with E-state index in [9.17, 15) is 62.3 Å². The molecule has 1 aliphatic heterocycles. The van der Waals surface area contributed by atoms with Crippen LogP contribution < -0.4 is 42.1 Å². The van der Waals surface area contributed by atoms with Crippen molar-refractivity contribution in [2.45, 2.75) is 82.3 Å². The summed E-state index contributed by atoms with van der Waals surface area (Å²) >= 11 is 0. The minimum Gasteiger partial charge on any atom is -0.508 e. The van der Waals surface area contributed by atoms with Crippen molar-refractivity contribution in [1.29, 1.82) is 0 Å². The number of carbonyl (C=O) groups excluding carboxylic acids is 5. The highest BCUT2D eigenvalue weighted by molar-refractivity contribution is 7.89. The average Bonchev–Trinajstić information content (AvgIpc) is 0.963. The Morgan fingerprint density at radius 1 is 0.814 bits per heavy atom. The van der Waals surface area contributed by atoms with Gasteiger partial charge < -0.3 is 51.3 Å². The van der Waals surface area contributed by atoms with Crippen molar-refractivity contribution in [3.8, 4) is 28.2 Å². The summed E-state index contributed by atoms with van der Waals surface area (Å²) in [5.74, 6) is -6.28. The number of rotatable bonds is 26. The number of nitrogens with two attached hydrogens (primary N) is 1. The van der Waals surface area contributed by atoms with Crippen molar-refractivity contribution in [3.63, 3.8) is 0 Å². The number of nitro groups is 1. The number of nitro benzene ring substituents is 1. The smallest absolute Gasteiger partial charge is 0.336 e. The molecule has 1 unspecified atom stereocenters. The number of fused-ring (bicyclic) bond motifs is 2. The fourth-order valence-electron chi connectivity index (χ4n) is 9.83. The van der Waals surface area contributed by atoms with Crippen LogP contribution in [0, 0.1) is 24.0 Å². The topological polar surface area (TPSA) is 374 Å². The van der Waals surface area contributed by atoms with E-state index in [2.05, 4.69) is 36.2 Å². The molecular weight excluding hydrogens is 1130 g/mol. The van der Waals surface area contributed by atoms with Crippen molar-refractivity contribution in [1.82, 2.24) is 20.7 Å². The molecule has 5 aromatic rings. The number of nitrogens with one attached hydrogen (secondary N) is 5. The molecule has 0 aromatic heterocycles. The van der Waals surface area contributed by atoms with E-state index >= 15 is 0 Å². The number of esters is 1. The van der Waals surface area contributed by atoms with Gasteiger partial charge in [-0.1, -0.05) is 26.0 Å². The van der Waals surface area contributed by atoms with Gasteiger partial charge in [-0.25, -0.2) is 17.9 Å². The number of aryl methyl sites for hydroxylation is 2. The monoisotopic (exact) mass is 1200 g/mol. The molecule has 1 aliphatic carbocycles. The SMILES string of the molecule is CC(=O)OC[C@H](NC(=O)C(NC(=O)CNS(=O)(=O)c1ccc(N=Nc2ccc(N(C)C)cc2)cc1)C(C)(C)c1c(C)cc(C)cc1[N+](=O)[O-])C(=O)N[C@@H](CCCCNc1ccc(-c2c3ccc(=O)cc-3oc3cc(O)ccc23)c(C(=O)O)c1)C(N)=O. The molecule has 0 spiro atoms. The van der Waals surface area contributed by atoms with Gasteiger partial charge in [-0.15, -0.1) is 0 Å². The molecule has 3 atom stereocenters. The van der Waals surface area contributed by atoms with E-state index in [1.165, 1.54) is 80.6 Å². The first kappa shape index (κ1) is 63.5. The number of hydrogen-bond acceptors (Lipinski definition) is 18. The lowest BCUT2D eigenvalue weighted by molar-refractivity contribution is -0.386. The number of benzene rings is 6. The standard InChI is InChI=1S/C60H64N10O15S/c1-33-26-34(2)54(49(27-33)70(80)81)60(4,5)55(66-52(74)31-63-86(82,83)42-20-13-37(14-21-42)68-67-36-11-16-39(17-12-36)69(6)7)58(77)65-48(32-84-35(3)71)57(76)64-47(56(61)75)10-8-9-25-62-38-15-22-43(46(28-38)59(78)79)53-44-23-18-40(72)29-50(44)85-51-30-41(73)19-24-45(51)53/h11-24,26-30,47-48,55,62-63,72H,8-10,25,31-32H2,1-7H3,(H2,61,75)(H,64,76)(H,65,77)(H,66,74)(H,78,79)/t47-,48-,55?/m0/s1. The zero-order valence-corrected chi connectivity index (χ0v) is 48.7. The van der Waals surface area contributed by atoms with Crippen LogP contribution in [0.3, 0.4) is 0 Å². The first-order valence-electron chi connectivity index (χ1n) is 26.8. The van der Waals surface area contributed by atoms with Crippen LogP contribution in [0.25, 0.3) is 33.4 Å². The highest BCUT2D eigenvalue weighted by atomic mass is 32.2. The molecule has 25 nitrogen and oxygen atoms in total. The number of amides is 4. The lowest BCUT2D eigenvalue weighted by Gasteiger charge is -2.36. The van der Waals surface area contributed by atoms with Crippen molar-refractivity contribution < 1.29 is 61.5 Å². The second kappa shape index (κ2) is 27.1. The molecule has 86 heavy (non-hydrogen) atoms. The second-order valence-electron chi connectivity index (χ2n) is 21.0. The maximum Gasteiger partial charge on any atom is 0.336 e. The summed E-state index contributed by atoms with van der Waals surface area (Å²) in [4.78, 5) is 106. The highest BCUT2D eigenvalue weighted by Crippen LogP contribution is 2.43. The average molecular weight is 1200 g/mol. The number of ether oxygens (including phenoxy) is 1. The van der Waals surface area contributed by atoms with Crippen LogP contribution in [-0.4, -0.2) is 111 Å². The van der Waals surface area contributed by atoms with E-state index < -0.39 is 92.9 Å². The van der Waals surface area contributed by atoms with Crippen molar-refractivity contribution in [2.24, 2.45) is 16.0 Å². The quantitative estimate of drug-likeness (QED) is 0.00674. The minimum atomic E-state index is -4.40. The Morgan fingerprint density at radius 2 is 1.47 bits per heavy atom. The molecular formula is C60H64N10O15S. The molecule has 0 saturated carbocycles. The summed E-state index contributed by atoms with van der Waals surface area (Å²) in [6.45, 7) is 5.57. The number of unbranched alkanes of at least 4 members (excludes halogenated alkanes) is 1. The van der Waals surface area contributed by atoms with Crippen LogP contribution in [0.1, 0.15) is 67.1 Å². The Bertz CT molecular complexity index is 3920. The number of carboxylic acids is 1. The number of sulfonamides is 1. The molecule has 0 fully saturated rings. The molecule has 0 saturated heterocycles. The number of azo groups is 1. The van der Waals surface area contributed by atoms with Crippen LogP contribution in [0.15, 0.2) is 140 Å². The number of nitrogens with zero attached hydrogens (tertiary/aromatic N) is 4. The largest absolute Gasteiger partial charge is 0.508 e. The predicted octanol–water partition coefficient (Wildman–Crippen LogP) is 7.02. The number of hydrogen-bond donors (Lipinski definition) is 8. The Kier molecular flexibility index (Phi) is 20.0. The molecule has 0 radical (unpaired) electrons. The van der Waals surface area contributed by atoms with Crippen LogP contribution in [0.4, 0.5) is 28.4 Å². The Labute approximate surface area is 493 Å². The third-order valence-electron chi connectivity index (χ3n) is 14.0. The van der Waals surface area contributed by atoms with Gasteiger partial charge in [0.1, 0.15) is 41.8 Å². The number of anilines is 2. The fraction of sp³-hybridized carbons (Fsp3) is 0.283. The van der Waals surface area contributed by atoms with Gasteiger partial charge in [0, 0.05) is 84.6 Å².